The van der Waals surface area contributed by atoms with Crippen molar-refractivity contribution in [1.82, 2.24) is 9.21 Å². The Hall–Kier alpha value is -2.40. The van der Waals surface area contributed by atoms with Gasteiger partial charge in [-0.1, -0.05) is 32.0 Å². The van der Waals surface area contributed by atoms with Gasteiger partial charge in [-0.15, -0.1) is 0 Å². The van der Waals surface area contributed by atoms with E-state index >= 15 is 0 Å². The lowest BCUT2D eigenvalue weighted by Crippen LogP contribution is -2.48. The van der Waals surface area contributed by atoms with E-state index in [4.69, 9.17) is 10.00 Å². The highest BCUT2D eigenvalue weighted by Gasteiger charge is 2.40. The molecule has 4 rings (SSSR count). The number of nitriles is 1. The van der Waals surface area contributed by atoms with E-state index in [0.717, 1.165) is 57.7 Å². The van der Waals surface area contributed by atoms with Gasteiger partial charge in [0.2, 0.25) is 10.0 Å². The van der Waals surface area contributed by atoms with E-state index in [1.54, 1.807) is 28.6 Å². The maximum absolute atomic E-state index is 13.1. The molecule has 0 atom stereocenters. The summed E-state index contributed by atoms with van der Waals surface area (Å²) in [4.78, 5) is 2.78. The summed E-state index contributed by atoms with van der Waals surface area (Å²) in [6.07, 6.45) is 4.02. The van der Waals surface area contributed by atoms with Gasteiger partial charge in [0.25, 0.3) is 0 Å². The van der Waals surface area contributed by atoms with Crippen LogP contribution < -0.4 is 4.74 Å². The number of piperidine rings is 2. The molecular weight excluding hydrogens is 446 g/mol. The van der Waals surface area contributed by atoms with Gasteiger partial charge in [-0.2, -0.15) is 9.57 Å². The van der Waals surface area contributed by atoms with Crippen molar-refractivity contribution < 1.29 is 13.2 Å². The van der Waals surface area contributed by atoms with Crippen molar-refractivity contribution in [3.8, 4) is 11.8 Å². The summed E-state index contributed by atoms with van der Waals surface area (Å²) < 4.78 is 33.8. The second-order valence-corrected chi connectivity index (χ2v) is 12.1. The van der Waals surface area contributed by atoms with Crippen LogP contribution in [-0.4, -0.2) is 50.4 Å². The van der Waals surface area contributed by atoms with Crippen LogP contribution in [0, 0.1) is 22.7 Å². The summed E-state index contributed by atoms with van der Waals surface area (Å²) in [6, 6.07) is 16.6. The Morgan fingerprint density at radius 1 is 0.971 bits per heavy atom. The molecule has 0 amide bonds. The molecule has 2 aliphatic heterocycles. The molecule has 182 valence electrons. The fourth-order valence-corrected chi connectivity index (χ4v) is 6.45. The van der Waals surface area contributed by atoms with Gasteiger partial charge in [-0.05, 0) is 80.4 Å². The Morgan fingerprint density at radius 2 is 1.59 bits per heavy atom. The average Bonchev–Trinajstić information content (AvgIpc) is 2.85. The molecule has 0 bridgehead atoms. The Kier molecular flexibility index (Phi) is 7.61. The van der Waals surface area contributed by atoms with Gasteiger partial charge < -0.3 is 4.74 Å². The minimum atomic E-state index is -3.51. The Bertz CT molecular complexity index is 1100. The maximum atomic E-state index is 13.1. The third-order valence-electron chi connectivity index (χ3n) is 7.26. The van der Waals surface area contributed by atoms with E-state index in [-0.39, 0.29) is 10.3 Å². The second kappa shape index (κ2) is 10.5. The van der Waals surface area contributed by atoms with Crippen molar-refractivity contribution >= 4 is 10.0 Å². The molecule has 34 heavy (non-hydrogen) atoms. The maximum Gasteiger partial charge on any atom is 0.243 e. The molecule has 0 N–H and O–H groups in total. The molecule has 0 unspecified atom stereocenters. The summed E-state index contributed by atoms with van der Waals surface area (Å²) in [7, 11) is -3.51. The minimum Gasteiger partial charge on any atom is -0.493 e. The molecule has 7 heteroatoms. The van der Waals surface area contributed by atoms with Gasteiger partial charge >= 0.3 is 0 Å². The van der Waals surface area contributed by atoms with E-state index in [2.05, 4.69) is 36.9 Å². The predicted molar refractivity (Wildman–Crippen MR) is 133 cm³/mol. The minimum absolute atomic E-state index is 0.237. The molecule has 2 aromatic carbocycles. The Balaban J connectivity index is 1.32. The van der Waals surface area contributed by atoms with Gasteiger partial charge in [0.15, 0.2) is 0 Å². The number of sulfonamides is 1. The molecule has 2 saturated heterocycles. The van der Waals surface area contributed by atoms with E-state index in [1.807, 2.05) is 12.1 Å². The van der Waals surface area contributed by atoms with E-state index in [1.165, 1.54) is 5.56 Å². The van der Waals surface area contributed by atoms with Gasteiger partial charge in [0, 0.05) is 25.2 Å². The molecular formula is C27H35N3O3S. The van der Waals surface area contributed by atoms with Crippen LogP contribution in [0.4, 0.5) is 0 Å². The quantitative estimate of drug-likeness (QED) is 0.575. The van der Waals surface area contributed by atoms with Gasteiger partial charge in [-0.3, -0.25) is 4.90 Å². The summed E-state index contributed by atoms with van der Waals surface area (Å²) in [5.74, 6) is 1.48. The molecule has 2 aromatic rings. The molecule has 6 nitrogen and oxygen atoms in total. The highest BCUT2D eigenvalue weighted by atomic mass is 32.2. The standard InChI is InChI=1S/C27H35N3O3S/c1-22(2)21-33-26-6-4-3-5-24(26)20-29-15-11-27(12-16-29)13-17-30(18-14-27)34(31,32)25-9-7-23(19-28)8-10-25/h3-10,22H,11-18,20-21H2,1-2H3. The lowest BCUT2D eigenvalue weighted by atomic mass is 9.71. The average molecular weight is 482 g/mol. The molecule has 0 aromatic heterocycles. The zero-order valence-electron chi connectivity index (χ0n) is 20.2. The number of nitrogens with zero attached hydrogens (tertiary/aromatic N) is 3. The first-order chi connectivity index (χ1) is 16.3. The second-order valence-electron chi connectivity index (χ2n) is 10.1. The third kappa shape index (κ3) is 5.63. The summed E-state index contributed by atoms with van der Waals surface area (Å²) in [6.45, 7) is 9.12. The number of hydrogen-bond donors (Lipinski definition) is 0. The summed E-state index contributed by atoms with van der Waals surface area (Å²) in [5, 5.41) is 8.96. The lowest BCUT2D eigenvalue weighted by Gasteiger charge is -2.46. The number of likely N-dealkylation sites (tertiary alicyclic amines) is 1. The first kappa shape index (κ1) is 24.7. The number of ether oxygens (including phenoxy) is 1. The third-order valence-corrected chi connectivity index (χ3v) is 9.17. The fraction of sp³-hybridized carbons (Fsp3) is 0.519. The van der Waals surface area contributed by atoms with Crippen LogP contribution in [0.1, 0.15) is 50.7 Å². The van der Waals surface area contributed by atoms with E-state index < -0.39 is 10.0 Å². The van der Waals surface area contributed by atoms with Gasteiger partial charge in [0.05, 0.1) is 23.1 Å². The normalized spacial score (nSPS) is 19.2. The van der Waals surface area contributed by atoms with Crippen LogP contribution in [0.2, 0.25) is 0 Å². The highest BCUT2D eigenvalue weighted by molar-refractivity contribution is 7.89. The first-order valence-corrected chi connectivity index (χ1v) is 13.7. The molecule has 2 heterocycles. The predicted octanol–water partition coefficient (Wildman–Crippen LogP) is 4.66. The van der Waals surface area contributed by atoms with E-state index in [0.29, 0.717) is 24.6 Å². The van der Waals surface area contributed by atoms with Gasteiger partial charge in [-0.25, -0.2) is 8.42 Å². The van der Waals surface area contributed by atoms with E-state index in [9.17, 15) is 8.42 Å². The van der Waals surface area contributed by atoms with Crippen molar-refractivity contribution in [3.63, 3.8) is 0 Å². The Morgan fingerprint density at radius 3 is 2.21 bits per heavy atom. The van der Waals surface area contributed by atoms with Crippen LogP contribution in [0.5, 0.6) is 5.75 Å². The van der Waals surface area contributed by atoms with Crippen molar-refractivity contribution in [3.05, 3.63) is 59.7 Å². The van der Waals surface area contributed by atoms with Crippen LogP contribution in [-0.2, 0) is 16.6 Å². The zero-order chi connectivity index (χ0) is 24.2. The topological polar surface area (TPSA) is 73.6 Å². The van der Waals surface area contributed by atoms with Crippen LogP contribution >= 0.6 is 0 Å². The molecule has 0 radical (unpaired) electrons. The highest BCUT2D eigenvalue weighted by Crippen LogP contribution is 2.42. The van der Waals surface area contributed by atoms with Crippen molar-refractivity contribution in [1.29, 1.82) is 5.26 Å². The molecule has 2 aliphatic rings. The summed E-state index contributed by atoms with van der Waals surface area (Å²) in [5.41, 5.74) is 1.95. The largest absolute Gasteiger partial charge is 0.493 e. The molecule has 2 fully saturated rings. The number of para-hydroxylation sites is 1. The monoisotopic (exact) mass is 481 g/mol. The molecule has 0 saturated carbocycles. The van der Waals surface area contributed by atoms with Crippen LogP contribution in [0.15, 0.2) is 53.4 Å². The molecule has 0 aliphatic carbocycles. The smallest absolute Gasteiger partial charge is 0.243 e. The SMILES string of the molecule is CC(C)COc1ccccc1CN1CCC2(CC1)CCN(S(=O)(=O)c1ccc(C#N)cc1)CC2. The van der Waals surface area contributed by atoms with Crippen molar-refractivity contribution in [2.45, 2.75) is 51.0 Å². The van der Waals surface area contributed by atoms with Gasteiger partial charge in [0.1, 0.15) is 5.75 Å². The molecule has 1 spiro atoms. The summed E-state index contributed by atoms with van der Waals surface area (Å²) >= 11 is 0. The van der Waals surface area contributed by atoms with Crippen LogP contribution in [0.3, 0.4) is 0 Å². The number of hydrogen-bond acceptors (Lipinski definition) is 5. The van der Waals surface area contributed by atoms with Crippen molar-refractivity contribution in [2.75, 3.05) is 32.8 Å². The van der Waals surface area contributed by atoms with Crippen molar-refractivity contribution in [2.24, 2.45) is 11.3 Å². The first-order valence-electron chi connectivity index (χ1n) is 12.2. The zero-order valence-corrected chi connectivity index (χ0v) is 21.1. The number of benzene rings is 2. The fourth-order valence-electron chi connectivity index (χ4n) is 5.01. The Labute approximate surface area is 204 Å². The lowest BCUT2D eigenvalue weighted by molar-refractivity contribution is 0.0525. The van der Waals surface area contributed by atoms with Crippen LogP contribution in [0.25, 0.3) is 0 Å². The number of rotatable bonds is 7.